The van der Waals surface area contributed by atoms with Crippen molar-refractivity contribution in [2.75, 3.05) is 44.4 Å². The lowest BCUT2D eigenvalue weighted by Crippen LogP contribution is -2.43. The number of hydrogen-bond acceptors (Lipinski definition) is 6. The molecule has 2 heterocycles. The van der Waals surface area contributed by atoms with E-state index >= 15 is 0 Å². The van der Waals surface area contributed by atoms with Gasteiger partial charge in [0.15, 0.2) is 6.61 Å². The van der Waals surface area contributed by atoms with Gasteiger partial charge in [-0.3, -0.25) is 9.69 Å². The van der Waals surface area contributed by atoms with E-state index in [0.717, 1.165) is 5.56 Å². The topological polar surface area (TPSA) is 85.4 Å². The highest BCUT2D eigenvalue weighted by atomic mass is 32.2. The van der Waals surface area contributed by atoms with Crippen molar-refractivity contribution in [3.63, 3.8) is 0 Å². The molecular weight excluding hydrogens is 468 g/mol. The third kappa shape index (κ3) is 4.88. The van der Waals surface area contributed by atoms with E-state index in [9.17, 15) is 13.2 Å². The third-order valence-corrected chi connectivity index (χ3v) is 7.99. The summed E-state index contributed by atoms with van der Waals surface area (Å²) in [6.07, 6.45) is 0. The minimum atomic E-state index is -3.59. The van der Waals surface area contributed by atoms with Crippen LogP contribution in [0.15, 0.2) is 83.8 Å². The SMILES string of the molecule is O=C(COc1ccc(S(=O)(=O)N2CCOCC2)cc1)N1c2ccccc2OC[C@@H]1c1ccccc1. The number of hydrogen-bond donors (Lipinski definition) is 0. The number of ether oxygens (including phenoxy) is 3. The van der Waals surface area contributed by atoms with E-state index in [-0.39, 0.29) is 23.5 Å². The van der Waals surface area contributed by atoms with Crippen LogP contribution < -0.4 is 14.4 Å². The van der Waals surface area contributed by atoms with E-state index < -0.39 is 10.0 Å². The summed E-state index contributed by atoms with van der Waals surface area (Å²) in [5.41, 5.74) is 1.65. The largest absolute Gasteiger partial charge is 0.489 e. The van der Waals surface area contributed by atoms with Crippen molar-refractivity contribution >= 4 is 21.6 Å². The molecule has 2 aliphatic rings. The van der Waals surface area contributed by atoms with Crippen molar-refractivity contribution in [1.29, 1.82) is 0 Å². The second-order valence-electron chi connectivity index (χ2n) is 8.25. The van der Waals surface area contributed by atoms with Crippen LogP contribution in [0.2, 0.25) is 0 Å². The van der Waals surface area contributed by atoms with E-state index in [0.29, 0.717) is 50.1 Å². The number of carbonyl (C=O) groups excluding carboxylic acids is 1. The van der Waals surface area contributed by atoms with E-state index in [2.05, 4.69) is 0 Å². The van der Waals surface area contributed by atoms with Crippen LogP contribution in [0, 0.1) is 0 Å². The van der Waals surface area contributed by atoms with Crippen LogP contribution in [0.3, 0.4) is 0 Å². The second kappa shape index (κ2) is 10.1. The molecule has 0 aromatic heterocycles. The van der Waals surface area contributed by atoms with Crippen molar-refractivity contribution in [3.8, 4) is 11.5 Å². The number of amides is 1. The number of carbonyl (C=O) groups is 1. The van der Waals surface area contributed by atoms with E-state index in [1.165, 1.54) is 16.4 Å². The maximum absolute atomic E-state index is 13.4. The summed E-state index contributed by atoms with van der Waals surface area (Å²) in [5.74, 6) is 0.836. The average molecular weight is 495 g/mol. The van der Waals surface area contributed by atoms with E-state index in [1.54, 1.807) is 17.0 Å². The number of morpholine rings is 1. The molecule has 5 rings (SSSR count). The summed E-state index contributed by atoms with van der Waals surface area (Å²) >= 11 is 0. The molecule has 3 aromatic rings. The van der Waals surface area contributed by atoms with Gasteiger partial charge in [0.1, 0.15) is 18.1 Å². The molecule has 0 spiro atoms. The first-order valence-corrected chi connectivity index (χ1v) is 12.9. The lowest BCUT2D eigenvalue weighted by atomic mass is 10.0. The predicted octanol–water partition coefficient (Wildman–Crippen LogP) is 3.25. The van der Waals surface area contributed by atoms with Crippen LogP contribution in [0.4, 0.5) is 5.69 Å². The quantitative estimate of drug-likeness (QED) is 0.523. The number of nitrogens with zero attached hydrogens (tertiary/aromatic N) is 2. The fraction of sp³-hybridized carbons (Fsp3) is 0.269. The molecule has 3 aromatic carbocycles. The lowest BCUT2D eigenvalue weighted by Gasteiger charge is -2.37. The van der Waals surface area contributed by atoms with Crippen molar-refractivity contribution in [1.82, 2.24) is 4.31 Å². The molecule has 1 amide bonds. The molecule has 0 aliphatic carbocycles. The number of fused-ring (bicyclic) bond motifs is 1. The molecule has 2 aliphatic heterocycles. The number of rotatable bonds is 6. The van der Waals surface area contributed by atoms with Gasteiger partial charge in [-0.15, -0.1) is 0 Å². The van der Waals surface area contributed by atoms with Gasteiger partial charge in [-0.25, -0.2) is 8.42 Å². The number of benzene rings is 3. The summed E-state index contributed by atoms with van der Waals surface area (Å²) in [7, 11) is -3.59. The first-order chi connectivity index (χ1) is 17.0. The minimum Gasteiger partial charge on any atom is -0.489 e. The third-order valence-electron chi connectivity index (χ3n) is 6.08. The molecule has 0 radical (unpaired) electrons. The molecule has 0 saturated carbocycles. The van der Waals surface area contributed by atoms with Gasteiger partial charge in [0, 0.05) is 13.1 Å². The Kier molecular flexibility index (Phi) is 6.72. The van der Waals surface area contributed by atoms with Gasteiger partial charge in [-0.1, -0.05) is 42.5 Å². The lowest BCUT2D eigenvalue weighted by molar-refractivity contribution is -0.121. The molecule has 0 unspecified atom stereocenters. The van der Waals surface area contributed by atoms with E-state index in [1.807, 2.05) is 54.6 Å². The summed E-state index contributed by atoms with van der Waals surface area (Å²) < 4.78 is 44.0. The maximum Gasteiger partial charge on any atom is 0.265 e. The Labute approximate surface area is 204 Å². The van der Waals surface area contributed by atoms with Gasteiger partial charge in [0.05, 0.1) is 29.8 Å². The highest BCUT2D eigenvalue weighted by Crippen LogP contribution is 2.39. The molecule has 8 nitrogen and oxygen atoms in total. The molecule has 1 fully saturated rings. The van der Waals surface area contributed by atoms with Crippen molar-refractivity contribution in [2.45, 2.75) is 10.9 Å². The summed E-state index contributed by atoms with van der Waals surface area (Å²) in [4.78, 5) is 15.3. The molecule has 182 valence electrons. The van der Waals surface area contributed by atoms with Crippen LogP contribution >= 0.6 is 0 Å². The van der Waals surface area contributed by atoms with Gasteiger partial charge in [-0.2, -0.15) is 4.31 Å². The Hall–Kier alpha value is -3.40. The van der Waals surface area contributed by atoms with Gasteiger partial charge in [-0.05, 0) is 42.0 Å². The molecule has 35 heavy (non-hydrogen) atoms. The van der Waals surface area contributed by atoms with Crippen LogP contribution in [-0.2, 0) is 19.6 Å². The summed E-state index contributed by atoms with van der Waals surface area (Å²) in [6, 6.07) is 23.0. The number of anilines is 1. The maximum atomic E-state index is 13.4. The fourth-order valence-corrected chi connectivity index (χ4v) is 5.68. The smallest absolute Gasteiger partial charge is 0.265 e. The highest BCUT2D eigenvalue weighted by Gasteiger charge is 2.33. The molecule has 1 atom stereocenters. The zero-order valence-electron chi connectivity index (χ0n) is 19.1. The van der Waals surface area contributed by atoms with Gasteiger partial charge in [0.25, 0.3) is 5.91 Å². The average Bonchev–Trinajstić information content (AvgIpc) is 2.92. The van der Waals surface area contributed by atoms with Crippen molar-refractivity contribution < 1.29 is 27.4 Å². The molecule has 1 saturated heterocycles. The first-order valence-electron chi connectivity index (χ1n) is 11.4. The minimum absolute atomic E-state index is 0.185. The highest BCUT2D eigenvalue weighted by molar-refractivity contribution is 7.89. The Morgan fingerprint density at radius 3 is 2.34 bits per heavy atom. The monoisotopic (exact) mass is 494 g/mol. The Bertz CT molecular complexity index is 1270. The standard InChI is InChI=1S/C26H26N2O6S/c29-26(19-33-21-10-12-22(13-11-21)35(30,31)27-14-16-32-17-15-27)28-23-8-4-5-9-25(23)34-18-24(28)20-6-2-1-3-7-20/h1-13,24H,14-19H2/t24-/m1/s1. The first kappa shape index (κ1) is 23.3. The van der Waals surface area contributed by atoms with Crippen LogP contribution in [0.25, 0.3) is 0 Å². The van der Waals surface area contributed by atoms with Gasteiger partial charge < -0.3 is 14.2 Å². The van der Waals surface area contributed by atoms with Crippen LogP contribution in [0.5, 0.6) is 11.5 Å². The van der Waals surface area contributed by atoms with E-state index in [4.69, 9.17) is 14.2 Å². The van der Waals surface area contributed by atoms with Crippen LogP contribution in [0.1, 0.15) is 11.6 Å². The van der Waals surface area contributed by atoms with Gasteiger partial charge in [0.2, 0.25) is 10.0 Å². The number of sulfonamides is 1. The van der Waals surface area contributed by atoms with Gasteiger partial charge >= 0.3 is 0 Å². The van der Waals surface area contributed by atoms with Crippen molar-refractivity contribution in [2.24, 2.45) is 0 Å². The fourth-order valence-electron chi connectivity index (χ4n) is 4.28. The Morgan fingerprint density at radius 2 is 1.60 bits per heavy atom. The molecule has 9 heteroatoms. The Balaban J connectivity index is 1.31. The normalized spacial score (nSPS) is 18.4. The molecular formula is C26H26N2O6S. The van der Waals surface area contributed by atoms with Crippen molar-refractivity contribution in [3.05, 3.63) is 84.4 Å². The molecule has 0 bridgehead atoms. The number of para-hydroxylation sites is 2. The predicted molar refractivity (Wildman–Crippen MR) is 130 cm³/mol. The molecule has 0 N–H and O–H groups in total. The Morgan fingerprint density at radius 1 is 0.914 bits per heavy atom. The zero-order chi connectivity index (χ0) is 24.3. The second-order valence-corrected chi connectivity index (χ2v) is 10.2. The summed E-state index contributed by atoms with van der Waals surface area (Å²) in [6.45, 7) is 1.57. The zero-order valence-corrected chi connectivity index (χ0v) is 19.9. The summed E-state index contributed by atoms with van der Waals surface area (Å²) in [5, 5.41) is 0. The van der Waals surface area contributed by atoms with Crippen LogP contribution in [-0.4, -0.2) is 58.1 Å².